The van der Waals surface area contributed by atoms with Gasteiger partial charge < -0.3 is 0 Å². The van der Waals surface area contributed by atoms with Crippen LogP contribution >= 0.6 is 34.8 Å². The van der Waals surface area contributed by atoms with Crippen LogP contribution in [-0.2, 0) is 10.0 Å². The summed E-state index contributed by atoms with van der Waals surface area (Å²) in [5.74, 6) is 0.412. The Morgan fingerprint density at radius 1 is 1.16 bits per heavy atom. The topological polar surface area (TPSA) is 37.4 Å². The summed E-state index contributed by atoms with van der Waals surface area (Å²) >= 11 is 17.3. The zero-order valence-corrected chi connectivity index (χ0v) is 13.8. The van der Waals surface area contributed by atoms with Gasteiger partial charge in [-0.05, 0) is 38.5 Å². The summed E-state index contributed by atoms with van der Waals surface area (Å²) in [4.78, 5) is 0.105. The van der Waals surface area contributed by atoms with Gasteiger partial charge in [-0.25, -0.2) is 8.42 Å². The van der Waals surface area contributed by atoms with Crippen LogP contribution in [0.1, 0.15) is 20.3 Å². The summed E-state index contributed by atoms with van der Waals surface area (Å²) in [7, 11) is -3.61. The van der Waals surface area contributed by atoms with E-state index in [4.69, 9.17) is 34.8 Å². The van der Waals surface area contributed by atoms with Crippen LogP contribution in [0.15, 0.2) is 23.1 Å². The molecule has 0 amide bonds. The zero-order chi connectivity index (χ0) is 14.6. The fourth-order valence-electron chi connectivity index (χ4n) is 1.68. The van der Waals surface area contributed by atoms with E-state index in [1.165, 1.54) is 22.5 Å². The normalized spacial score (nSPS) is 12.4. The van der Waals surface area contributed by atoms with Crippen molar-refractivity contribution in [1.82, 2.24) is 4.31 Å². The van der Waals surface area contributed by atoms with Gasteiger partial charge in [-0.1, -0.05) is 23.2 Å². The van der Waals surface area contributed by atoms with Crippen molar-refractivity contribution in [1.29, 1.82) is 0 Å². The largest absolute Gasteiger partial charge is 0.243 e. The Hall–Kier alpha value is -0.000000000000000111. The third-order valence-corrected chi connectivity index (χ3v) is 5.29. The van der Waals surface area contributed by atoms with Gasteiger partial charge >= 0.3 is 0 Å². The molecule has 1 aromatic rings. The number of nitrogens with zero attached hydrogens (tertiary/aromatic N) is 1. The molecule has 0 unspecified atom stereocenters. The summed E-state index contributed by atoms with van der Waals surface area (Å²) in [6, 6.07) is 4.14. The quantitative estimate of drug-likeness (QED) is 0.731. The molecule has 0 heterocycles. The molecule has 19 heavy (non-hydrogen) atoms. The number of sulfonamides is 1. The number of rotatable bonds is 6. The van der Waals surface area contributed by atoms with Crippen molar-refractivity contribution in [3.8, 4) is 0 Å². The molecule has 108 valence electrons. The molecule has 0 aromatic heterocycles. The number of hydrogen-bond acceptors (Lipinski definition) is 2. The van der Waals surface area contributed by atoms with E-state index in [9.17, 15) is 8.42 Å². The minimum absolute atomic E-state index is 0.105. The maximum atomic E-state index is 12.5. The molecule has 0 N–H and O–H groups in total. The first-order valence-electron chi connectivity index (χ1n) is 5.83. The van der Waals surface area contributed by atoms with Gasteiger partial charge in [0.1, 0.15) is 0 Å². The molecule has 1 aromatic carbocycles. The lowest BCUT2D eigenvalue weighted by atomic mass is 10.3. The highest BCUT2D eigenvalue weighted by molar-refractivity contribution is 7.89. The highest BCUT2D eigenvalue weighted by Gasteiger charge is 2.27. The van der Waals surface area contributed by atoms with Crippen LogP contribution in [0.4, 0.5) is 0 Å². The average Bonchev–Trinajstić information content (AvgIpc) is 2.27. The predicted molar refractivity (Wildman–Crippen MR) is 80.8 cm³/mol. The van der Waals surface area contributed by atoms with Crippen LogP contribution in [0.5, 0.6) is 0 Å². The van der Waals surface area contributed by atoms with Crippen LogP contribution in [0.3, 0.4) is 0 Å². The van der Waals surface area contributed by atoms with Crippen molar-refractivity contribution in [2.45, 2.75) is 31.2 Å². The monoisotopic (exact) mass is 343 g/mol. The van der Waals surface area contributed by atoms with Gasteiger partial charge in [-0.2, -0.15) is 4.31 Å². The molecule has 0 atom stereocenters. The van der Waals surface area contributed by atoms with E-state index < -0.39 is 10.0 Å². The molecule has 0 aliphatic carbocycles. The van der Waals surface area contributed by atoms with Gasteiger partial charge in [0.2, 0.25) is 10.0 Å². The molecule has 0 spiro atoms. The second-order valence-electron chi connectivity index (χ2n) is 4.36. The van der Waals surface area contributed by atoms with Crippen molar-refractivity contribution in [2.24, 2.45) is 0 Å². The Morgan fingerprint density at radius 3 is 2.11 bits per heavy atom. The van der Waals surface area contributed by atoms with Gasteiger partial charge in [0, 0.05) is 28.5 Å². The Labute approximate surface area is 129 Å². The van der Waals surface area contributed by atoms with Crippen LogP contribution < -0.4 is 0 Å². The number of hydrogen-bond donors (Lipinski definition) is 0. The minimum atomic E-state index is -3.61. The number of benzene rings is 1. The zero-order valence-electron chi connectivity index (χ0n) is 10.7. The molecule has 0 radical (unpaired) electrons. The standard InChI is InChI=1S/C12H16Cl3NO2S/c1-9(2)16(5-3-4-13)19(17,18)12-7-10(14)6-11(15)8-12/h6-9H,3-5H2,1-2H3. The SMILES string of the molecule is CC(C)N(CCCCl)S(=O)(=O)c1cc(Cl)cc(Cl)c1. The van der Waals surface area contributed by atoms with E-state index in [-0.39, 0.29) is 10.9 Å². The first-order valence-corrected chi connectivity index (χ1v) is 8.56. The van der Waals surface area contributed by atoms with Crippen LogP contribution in [0.2, 0.25) is 10.0 Å². The lowest BCUT2D eigenvalue weighted by Gasteiger charge is -2.25. The van der Waals surface area contributed by atoms with E-state index in [1.54, 1.807) is 0 Å². The summed E-state index contributed by atoms with van der Waals surface area (Å²) in [6.45, 7) is 4.00. The third kappa shape index (κ3) is 4.50. The van der Waals surface area contributed by atoms with E-state index in [0.717, 1.165) is 0 Å². The van der Waals surface area contributed by atoms with Gasteiger partial charge in [-0.15, -0.1) is 11.6 Å². The maximum Gasteiger partial charge on any atom is 0.243 e. The third-order valence-electron chi connectivity index (χ3n) is 2.53. The van der Waals surface area contributed by atoms with E-state index in [0.29, 0.717) is 28.9 Å². The van der Waals surface area contributed by atoms with Gasteiger partial charge in [0.05, 0.1) is 4.90 Å². The molecule has 7 heteroatoms. The Bertz CT molecular complexity index is 512. The molecule has 0 fully saturated rings. The average molecular weight is 345 g/mol. The highest BCUT2D eigenvalue weighted by atomic mass is 35.5. The second kappa shape index (κ2) is 7.14. The van der Waals surface area contributed by atoms with E-state index >= 15 is 0 Å². The summed E-state index contributed by atoms with van der Waals surface area (Å²) < 4.78 is 26.5. The van der Waals surface area contributed by atoms with Gasteiger partial charge in [0.25, 0.3) is 0 Å². The molecule has 0 aliphatic rings. The summed E-state index contributed by atoms with van der Waals surface area (Å²) in [5.41, 5.74) is 0. The molecule has 0 bridgehead atoms. The fourth-order valence-corrected chi connectivity index (χ4v) is 4.21. The second-order valence-corrected chi connectivity index (χ2v) is 7.50. The lowest BCUT2D eigenvalue weighted by Crippen LogP contribution is -2.37. The van der Waals surface area contributed by atoms with E-state index in [1.807, 2.05) is 13.8 Å². The lowest BCUT2D eigenvalue weighted by molar-refractivity contribution is 0.354. The molecule has 0 saturated carbocycles. The molecule has 3 nitrogen and oxygen atoms in total. The van der Waals surface area contributed by atoms with Gasteiger partial charge in [0.15, 0.2) is 0 Å². The Kier molecular flexibility index (Phi) is 6.40. The molecule has 1 rings (SSSR count). The van der Waals surface area contributed by atoms with Crippen LogP contribution in [0.25, 0.3) is 0 Å². The fraction of sp³-hybridized carbons (Fsp3) is 0.500. The minimum Gasteiger partial charge on any atom is -0.207 e. The Morgan fingerprint density at radius 2 is 1.68 bits per heavy atom. The van der Waals surface area contributed by atoms with Crippen molar-refractivity contribution in [3.63, 3.8) is 0 Å². The van der Waals surface area contributed by atoms with Crippen molar-refractivity contribution in [3.05, 3.63) is 28.2 Å². The Balaban J connectivity index is 3.18. The smallest absolute Gasteiger partial charge is 0.207 e. The van der Waals surface area contributed by atoms with E-state index in [2.05, 4.69) is 0 Å². The van der Waals surface area contributed by atoms with Gasteiger partial charge in [-0.3, -0.25) is 0 Å². The summed E-state index contributed by atoms with van der Waals surface area (Å²) in [6.07, 6.45) is 0.591. The molecular formula is C12H16Cl3NO2S. The van der Waals surface area contributed by atoms with Crippen molar-refractivity contribution in [2.75, 3.05) is 12.4 Å². The maximum absolute atomic E-state index is 12.5. The number of alkyl halides is 1. The summed E-state index contributed by atoms with van der Waals surface area (Å²) in [5, 5.41) is 0.597. The van der Waals surface area contributed by atoms with Crippen molar-refractivity contribution < 1.29 is 8.42 Å². The van der Waals surface area contributed by atoms with Crippen LogP contribution in [-0.4, -0.2) is 31.2 Å². The molecular weight excluding hydrogens is 329 g/mol. The highest BCUT2D eigenvalue weighted by Crippen LogP contribution is 2.26. The predicted octanol–water partition coefficient (Wildman–Crippen LogP) is 4.02. The van der Waals surface area contributed by atoms with Crippen molar-refractivity contribution >= 4 is 44.8 Å². The molecule has 0 aliphatic heterocycles. The molecule has 0 saturated heterocycles. The van der Waals surface area contributed by atoms with Crippen LogP contribution in [0, 0.1) is 0 Å². The first-order chi connectivity index (χ1) is 8.78. The number of halogens is 3. The first kappa shape index (κ1) is 17.1.